The first-order valence-electron chi connectivity index (χ1n) is 9.82. The number of anilines is 2. The molecule has 1 fully saturated rings. The maximum absolute atomic E-state index is 12.9. The quantitative estimate of drug-likeness (QED) is 0.470. The molecule has 1 saturated heterocycles. The Labute approximate surface area is 203 Å². The van der Waals surface area contributed by atoms with Crippen molar-refractivity contribution in [1.82, 2.24) is 25.3 Å². The fourth-order valence-electron chi connectivity index (χ4n) is 3.62. The molecule has 32 heavy (non-hydrogen) atoms. The Kier molecular flexibility index (Phi) is 10.1. The van der Waals surface area contributed by atoms with Crippen LogP contribution in [0, 0.1) is 5.92 Å². The maximum atomic E-state index is 12.9. The fourth-order valence-corrected chi connectivity index (χ4v) is 3.72. The number of piperidine rings is 1. The smallest absolute Gasteiger partial charge is 0.261 e. The molecule has 4 rings (SSSR count). The Morgan fingerprint density at radius 3 is 2.41 bits per heavy atom. The van der Waals surface area contributed by atoms with E-state index in [1.54, 1.807) is 30.7 Å². The normalized spacial score (nSPS) is 14.4. The summed E-state index contributed by atoms with van der Waals surface area (Å²) in [6, 6.07) is 7.48. The van der Waals surface area contributed by atoms with Crippen LogP contribution in [-0.4, -0.2) is 38.9 Å². The van der Waals surface area contributed by atoms with E-state index < -0.39 is 0 Å². The molecular weight excluding hydrogens is 473 g/mol. The summed E-state index contributed by atoms with van der Waals surface area (Å²) in [5.41, 5.74) is 1.54. The highest BCUT2D eigenvalue weighted by molar-refractivity contribution is 6.30. The SMILES string of the molecule is Cl.Cl.O=C(Nc1ncc(Cl)cn1)c1cccnc1NC(c1ccncc1)C1CCNCC1. The van der Waals surface area contributed by atoms with E-state index in [-0.39, 0.29) is 42.7 Å². The van der Waals surface area contributed by atoms with Crippen molar-refractivity contribution in [2.45, 2.75) is 18.9 Å². The Morgan fingerprint density at radius 1 is 1.03 bits per heavy atom. The van der Waals surface area contributed by atoms with Gasteiger partial charge in [-0.05, 0) is 61.7 Å². The molecule has 3 aromatic rings. The van der Waals surface area contributed by atoms with Crippen molar-refractivity contribution in [3.63, 3.8) is 0 Å². The third kappa shape index (κ3) is 6.49. The zero-order valence-electron chi connectivity index (χ0n) is 17.1. The van der Waals surface area contributed by atoms with E-state index in [0.29, 0.717) is 22.3 Å². The Morgan fingerprint density at radius 2 is 1.72 bits per heavy atom. The summed E-state index contributed by atoms with van der Waals surface area (Å²) in [5, 5.41) is 10.0. The number of carbonyl (C=O) groups is 1. The zero-order valence-corrected chi connectivity index (χ0v) is 19.5. The van der Waals surface area contributed by atoms with E-state index in [1.165, 1.54) is 12.4 Å². The Bertz CT molecular complexity index is 986. The molecule has 1 aliphatic rings. The number of hydrogen-bond donors (Lipinski definition) is 3. The molecule has 4 heterocycles. The van der Waals surface area contributed by atoms with E-state index in [0.717, 1.165) is 31.5 Å². The molecule has 0 spiro atoms. The summed E-state index contributed by atoms with van der Waals surface area (Å²) < 4.78 is 0. The molecule has 0 bridgehead atoms. The van der Waals surface area contributed by atoms with Crippen molar-refractivity contribution in [1.29, 1.82) is 0 Å². The van der Waals surface area contributed by atoms with Crippen LogP contribution in [0.25, 0.3) is 0 Å². The van der Waals surface area contributed by atoms with Gasteiger partial charge in [-0.2, -0.15) is 0 Å². The maximum Gasteiger partial charge on any atom is 0.261 e. The van der Waals surface area contributed by atoms with Gasteiger partial charge in [-0.15, -0.1) is 24.8 Å². The fraction of sp³-hybridized carbons (Fsp3) is 0.286. The average molecular weight is 497 g/mol. The monoisotopic (exact) mass is 495 g/mol. The van der Waals surface area contributed by atoms with Crippen molar-refractivity contribution < 1.29 is 4.79 Å². The molecule has 1 amide bonds. The van der Waals surface area contributed by atoms with Crippen LogP contribution in [0.5, 0.6) is 0 Å². The number of aromatic nitrogens is 4. The van der Waals surface area contributed by atoms with Gasteiger partial charge in [-0.25, -0.2) is 15.0 Å². The van der Waals surface area contributed by atoms with Gasteiger partial charge in [0.1, 0.15) is 5.82 Å². The van der Waals surface area contributed by atoms with Crippen molar-refractivity contribution >= 4 is 54.1 Å². The van der Waals surface area contributed by atoms with Gasteiger partial charge < -0.3 is 10.6 Å². The second kappa shape index (κ2) is 12.5. The van der Waals surface area contributed by atoms with E-state index in [1.807, 2.05) is 12.1 Å². The van der Waals surface area contributed by atoms with Gasteiger partial charge >= 0.3 is 0 Å². The van der Waals surface area contributed by atoms with Crippen LogP contribution >= 0.6 is 36.4 Å². The first-order valence-corrected chi connectivity index (χ1v) is 10.2. The number of hydrogen-bond acceptors (Lipinski definition) is 7. The third-order valence-electron chi connectivity index (χ3n) is 5.11. The summed E-state index contributed by atoms with van der Waals surface area (Å²) in [7, 11) is 0. The third-order valence-corrected chi connectivity index (χ3v) is 5.31. The molecule has 3 aromatic heterocycles. The van der Waals surface area contributed by atoms with Crippen LogP contribution < -0.4 is 16.0 Å². The summed E-state index contributed by atoms with van der Waals surface area (Å²) in [6.07, 6.45) is 10.2. The number of nitrogens with zero attached hydrogens (tertiary/aromatic N) is 4. The predicted octanol–water partition coefficient (Wildman–Crippen LogP) is 4.17. The minimum absolute atomic E-state index is 0. The molecule has 1 unspecified atom stereocenters. The van der Waals surface area contributed by atoms with Gasteiger partial charge in [0.2, 0.25) is 5.95 Å². The molecule has 0 aromatic carbocycles. The van der Waals surface area contributed by atoms with E-state index in [4.69, 9.17) is 11.6 Å². The molecule has 11 heteroatoms. The molecular formula is C21H24Cl3N7O. The molecule has 170 valence electrons. The van der Waals surface area contributed by atoms with Gasteiger partial charge in [0.25, 0.3) is 5.91 Å². The van der Waals surface area contributed by atoms with Gasteiger partial charge in [-0.3, -0.25) is 15.1 Å². The van der Waals surface area contributed by atoms with Crippen molar-refractivity contribution in [3.05, 3.63) is 71.4 Å². The first kappa shape index (κ1) is 25.7. The van der Waals surface area contributed by atoms with Crippen LogP contribution in [-0.2, 0) is 0 Å². The number of nitrogens with one attached hydrogen (secondary N) is 3. The lowest BCUT2D eigenvalue weighted by Crippen LogP contribution is -2.34. The topological polar surface area (TPSA) is 105 Å². The summed E-state index contributed by atoms with van der Waals surface area (Å²) >= 11 is 5.81. The van der Waals surface area contributed by atoms with Crippen LogP contribution in [0.3, 0.4) is 0 Å². The average Bonchev–Trinajstić information content (AvgIpc) is 2.80. The van der Waals surface area contributed by atoms with Crippen LogP contribution in [0.1, 0.15) is 34.8 Å². The summed E-state index contributed by atoms with van der Waals surface area (Å²) in [6.45, 7) is 1.94. The lowest BCUT2D eigenvalue weighted by Gasteiger charge is -2.32. The Hall–Kier alpha value is -2.52. The van der Waals surface area contributed by atoms with Crippen molar-refractivity contribution in [2.75, 3.05) is 23.7 Å². The second-order valence-corrected chi connectivity index (χ2v) is 7.51. The standard InChI is InChI=1S/C21H22ClN7O.2ClH/c22-16-12-26-21(27-13-16)29-20(30)17-2-1-7-25-19(17)28-18(14-3-8-23-9-4-14)15-5-10-24-11-6-15;;/h1-4,7-9,12-13,15,18,24H,5-6,10-11H2,(H,25,28)(H,26,27,29,30);2*1H. The second-order valence-electron chi connectivity index (χ2n) is 7.07. The number of carbonyl (C=O) groups excluding carboxylic acids is 1. The van der Waals surface area contributed by atoms with Gasteiger partial charge in [0, 0.05) is 18.6 Å². The number of pyridine rings is 2. The lowest BCUT2D eigenvalue weighted by atomic mass is 9.86. The number of halogens is 3. The van der Waals surface area contributed by atoms with E-state index >= 15 is 0 Å². The highest BCUT2D eigenvalue weighted by Gasteiger charge is 2.27. The van der Waals surface area contributed by atoms with Gasteiger partial charge in [0.05, 0.1) is 29.0 Å². The predicted molar refractivity (Wildman–Crippen MR) is 130 cm³/mol. The minimum Gasteiger partial charge on any atom is -0.362 e. The Balaban J connectivity index is 0.00000181. The molecule has 0 saturated carbocycles. The molecule has 1 atom stereocenters. The number of rotatable bonds is 6. The summed E-state index contributed by atoms with van der Waals surface area (Å²) in [4.78, 5) is 29.5. The molecule has 0 radical (unpaired) electrons. The van der Waals surface area contributed by atoms with E-state index in [2.05, 4.69) is 35.9 Å². The van der Waals surface area contributed by atoms with Crippen molar-refractivity contribution in [2.24, 2.45) is 5.92 Å². The first-order chi connectivity index (χ1) is 14.7. The largest absolute Gasteiger partial charge is 0.362 e. The zero-order chi connectivity index (χ0) is 20.8. The lowest BCUT2D eigenvalue weighted by molar-refractivity contribution is 0.102. The van der Waals surface area contributed by atoms with Crippen LogP contribution in [0.4, 0.5) is 11.8 Å². The van der Waals surface area contributed by atoms with Crippen LogP contribution in [0.15, 0.2) is 55.2 Å². The highest BCUT2D eigenvalue weighted by atomic mass is 35.5. The molecule has 1 aliphatic heterocycles. The molecule has 3 N–H and O–H groups in total. The molecule has 8 nitrogen and oxygen atoms in total. The van der Waals surface area contributed by atoms with Gasteiger partial charge in [-0.1, -0.05) is 11.6 Å². The minimum atomic E-state index is -0.341. The van der Waals surface area contributed by atoms with Gasteiger partial charge in [0.15, 0.2) is 0 Å². The summed E-state index contributed by atoms with van der Waals surface area (Å²) in [5.74, 6) is 0.769. The number of amides is 1. The van der Waals surface area contributed by atoms with Crippen molar-refractivity contribution in [3.8, 4) is 0 Å². The molecule has 0 aliphatic carbocycles. The highest BCUT2D eigenvalue weighted by Crippen LogP contribution is 2.32. The van der Waals surface area contributed by atoms with Crippen LogP contribution in [0.2, 0.25) is 5.02 Å². The van der Waals surface area contributed by atoms with E-state index in [9.17, 15) is 4.79 Å².